The summed E-state index contributed by atoms with van der Waals surface area (Å²) in [6.45, 7) is 3.54. The third kappa shape index (κ3) is 3.22. The second kappa shape index (κ2) is 7.29. The molecule has 0 radical (unpaired) electrons. The Bertz CT molecular complexity index is 940. The minimum absolute atomic E-state index is 0.000713. The Labute approximate surface area is 155 Å². The van der Waals surface area contributed by atoms with Crippen molar-refractivity contribution < 1.29 is 9.53 Å². The number of nitrogens with zero attached hydrogens (tertiary/aromatic N) is 3. The first-order chi connectivity index (χ1) is 12.8. The molecule has 0 saturated heterocycles. The fraction of sp³-hybridized carbons (Fsp3) is 0.316. The molecule has 1 amide bonds. The van der Waals surface area contributed by atoms with Gasteiger partial charge in [-0.1, -0.05) is 19.1 Å². The Balaban J connectivity index is 1.42. The minimum atomic E-state index is -0.000713. The zero-order valence-electron chi connectivity index (χ0n) is 14.6. The number of carbonyl (C=O) groups excluding carboxylic acids is 1. The van der Waals surface area contributed by atoms with Gasteiger partial charge < -0.3 is 15.0 Å². The summed E-state index contributed by atoms with van der Waals surface area (Å²) in [4.78, 5) is 24.2. The predicted octanol–water partition coefficient (Wildman–Crippen LogP) is 3.48. The maximum atomic E-state index is 12.2. The molecule has 2 aromatic heterocycles. The van der Waals surface area contributed by atoms with Gasteiger partial charge in [0, 0.05) is 19.5 Å². The number of para-hydroxylation sites is 2. The number of amides is 1. The van der Waals surface area contributed by atoms with Crippen LogP contribution in [-0.2, 0) is 11.2 Å². The van der Waals surface area contributed by atoms with Crippen LogP contribution in [0.25, 0.3) is 10.2 Å². The molecule has 0 spiro atoms. The number of aryl methyl sites for hydroxylation is 1. The largest absolute Gasteiger partial charge is 0.482 e. The highest BCUT2D eigenvalue weighted by Crippen LogP contribution is 2.31. The molecule has 3 aromatic rings. The third-order valence-electron chi connectivity index (χ3n) is 4.35. The fourth-order valence-corrected chi connectivity index (χ4v) is 3.82. The van der Waals surface area contributed by atoms with E-state index in [0.717, 1.165) is 52.7 Å². The van der Waals surface area contributed by atoms with E-state index in [4.69, 9.17) is 4.74 Å². The molecule has 0 unspecified atom stereocenters. The number of hydrogen-bond donors (Lipinski definition) is 1. The number of hydrogen-bond acceptors (Lipinski definition) is 6. The van der Waals surface area contributed by atoms with E-state index in [-0.39, 0.29) is 12.5 Å². The van der Waals surface area contributed by atoms with Gasteiger partial charge in [-0.2, -0.15) is 0 Å². The zero-order chi connectivity index (χ0) is 17.9. The number of fused-ring (bicyclic) bond motifs is 2. The zero-order valence-corrected chi connectivity index (χ0v) is 15.4. The first kappa shape index (κ1) is 16.8. The van der Waals surface area contributed by atoms with Crippen molar-refractivity contribution in [2.24, 2.45) is 0 Å². The number of carbonyl (C=O) groups is 1. The molecule has 0 atom stereocenters. The SMILES string of the molecule is CCc1nc(NCCCN2C(=O)COc3ccccc32)c2ccsc2n1. The minimum Gasteiger partial charge on any atom is -0.482 e. The molecular formula is C19H20N4O2S. The van der Waals surface area contributed by atoms with Crippen LogP contribution in [0.2, 0.25) is 0 Å². The first-order valence-corrected chi connectivity index (χ1v) is 9.64. The van der Waals surface area contributed by atoms with Crippen LogP contribution >= 0.6 is 11.3 Å². The Kier molecular flexibility index (Phi) is 4.71. The van der Waals surface area contributed by atoms with Crippen molar-refractivity contribution in [2.45, 2.75) is 19.8 Å². The van der Waals surface area contributed by atoms with Crippen LogP contribution in [0, 0.1) is 0 Å². The molecule has 26 heavy (non-hydrogen) atoms. The van der Waals surface area contributed by atoms with Gasteiger partial charge in [-0.05, 0) is 30.0 Å². The van der Waals surface area contributed by atoms with Gasteiger partial charge in [0.2, 0.25) is 0 Å². The maximum Gasteiger partial charge on any atom is 0.265 e. The van der Waals surface area contributed by atoms with Crippen molar-refractivity contribution in [2.75, 3.05) is 29.9 Å². The van der Waals surface area contributed by atoms with E-state index in [1.807, 2.05) is 35.7 Å². The molecule has 1 aliphatic heterocycles. The molecule has 0 saturated carbocycles. The summed E-state index contributed by atoms with van der Waals surface area (Å²) in [7, 11) is 0. The first-order valence-electron chi connectivity index (χ1n) is 8.76. The van der Waals surface area contributed by atoms with E-state index in [9.17, 15) is 4.79 Å². The number of benzene rings is 1. The lowest BCUT2D eigenvalue weighted by molar-refractivity contribution is -0.121. The Morgan fingerprint density at radius 2 is 2.15 bits per heavy atom. The van der Waals surface area contributed by atoms with Gasteiger partial charge >= 0.3 is 0 Å². The van der Waals surface area contributed by atoms with E-state index in [1.54, 1.807) is 16.2 Å². The van der Waals surface area contributed by atoms with Crippen molar-refractivity contribution in [3.05, 3.63) is 41.5 Å². The number of anilines is 2. The topological polar surface area (TPSA) is 67.4 Å². The molecule has 134 valence electrons. The molecule has 1 N–H and O–H groups in total. The number of thiophene rings is 1. The molecule has 0 bridgehead atoms. The summed E-state index contributed by atoms with van der Waals surface area (Å²) in [5.41, 5.74) is 0.847. The number of aromatic nitrogens is 2. The second-order valence-electron chi connectivity index (χ2n) is 6.06. The standard InChI is InChI=1S/C19H20N4O2S/c1-2-16-21-18(13-8-11-26-19(13)22-16)20-9-5-10-23-14-6-3-4-7-15(14)25-12-17(23)24/h3-4,6-8,11H,2,5,9-10,12H2,1H3,(H,20,21,22). The van der Waals surface area contributed by atoms with E-state index in [1.165, 1.54) is 0 Å². The van der Waals surface area contributed by atoms with Gasteiger partial charge in [0.15, 0.2) is 6.61 Å². The molecule has 6 nitrogen and oxygen atoms in total. The van der Waals surface area contributed by atoms with Crippen LogP contribution in [0.5, 0.6) is 5.75 Å². The van der Waals surface area contributed by atoms with Gasteiger partial charge in [-0.3, -0.25) is 4.79 Å². The van der Waals surface area contributed by atoms with E-state index >= 15 is 0 Å². The van der Waals surface area contributed by atoms with Crippen LogP contribution in [-0.4, -0.2) is 35.6 Å². The number of rotatable bonds is 6. The molecule has 0 fully saturated rings. The van der Waals surface area contributed by atoms with Crippen LogP contribution in [0.1, 0.15) is 19.2 Å². The van der Waals surface area contributed by atoms with E-state index in [2.05, 4.69) is 22.2 Å². The Morgan fingerprint density at radius 3 is 3.04 bits per heavy atom. The monoisotopic (exact) mass is 368 g/mol. The summed E-state index contributed by atoms with van der Waals surface area (Å²) in [5.74, 6) is 2.49. The lowest BCUT2D eigenvalue weighted by Crippen LogP contribution is -2.39. The third-order valence-corrected chi connectivity index (χ3v) is 5.15. The average Bonchev–Trinajstić information content (AvgIpc) is 3.15. The molecule has 7 heteroatoms. The van der Waals surface area contributed by atoms with Crippen molar-refractivity contribution >= 4 is 39.0 Å². The summed E-state index contributed by atoms with van der Waals surface area (Å²) < 4.78 is 5.48. The van der Waals surface area contributed by atoms with Crippen molar-refractivity contribution in [3.63, 3.8) is 0 Å². The fourth-order valence-electron chi connectivity index (χ4n) is 3.04. The van der Waals surface area contributed by atoms with Crippen molar-refractivity contribution in [1.29, 1.82) is 0 Å². The second-order valence-corrected chi connectivity index (χ2v) is 6.96. The average molecular weight is 368 g/mol. The highest BCUT2D eigenvalue weighted by Gasteiger charge is 2.24. The quantitative estimate of drug-likeness (QED) is 0.675. The number of ether oxygens (including phenoxy) is 1. The molecule has 1 aliphatic rings. The Morgan fingerprint density at radius 1 is 1.27 bits per heavy atom. The lowest BCUT2D eigenvalue weighted by Gasteiger charge is -2.29. The van der Waals surface area contributed by atoms with E-state index in [0.29, 0.717) is 6.54 Å². The molecule has 4 rings (SSSR count). The molecule has 1 aromatic carbocycles. The highest BCUT2D eigenvalue weighted by molar-refractivity contribution is 7.16. The predicted molar refractivity (Wildman–Crippen MR) is 104 cm³/mol. The summed E-state index contributed by atoms with van der Waals surface area (Å²) in [6.07, 6.45) is 1.62. The van der Waals surface area contributed by atoms with Crippen LogP contribution in [0.15, 0.2) is 35.7 Å². The van der Waals surface area contributed by atoms with Gasteiger partial charge in [0.1, 0.15) is 22.2 Å². The summed E-state index contributed by atoms with van der Waals surface area (Å²) >= 11 is 1.63. The number of nitrogens with one attached hydrogen (secondary N) is 1. The highest BCUT2D eigenvalue weighted by atomic mass is 32.1. The normalized spacial score (nSPS) is 13.6. The summed E-state index contributed by atoms with van der Waals surface area (Å²) in [6, 6.07) is 9.71. The smallest absolute Gasteiger partial charge is 0.265 e. The lowest BCUT2D eigenvalue weighted by atomic mass is 10.2. The van der Waals surface area contributed by atoms with E-state index < -0.39 is 0 Å². The maximum absolute atomic E-state index is 12.2. The van der Waals surface area contributed by atoms with Gasteiger partial charge in [0.25, 0.3) is 5.91 Å². The van der Waals surface area contributed by atoms with Gasteiger partial charge in [-0.25, -0.2) is 9.97 Å². The van der Waals surface area contributed by atoms with Crippen molar-refractivity contribution in [3.8, 4) is 5.75 Å². The molecule has 3 heterocycles. The van der Waals surface area contributed by atoms with Crippen LogP contribution < -0.4 is 15.0 Å². The van der Waals surface area contributed by atoms with Gasteiger partial charge in [-0.15, -0.1) is 11.3 Å². The van der Waals surface area contributed by atoms with Crippen LogP contribution in [0.3, 0.4) is 0 Å². The van der Waals surface area contributed by atoms with Gasteiger partial charge in [0.05, 0.1) is 11.1 Å². The summed E-state index contributed by atoms with van der Waals surface area (Å²) in [5, 5.41) is 6.50. The Hall–Kier alpha value is -2.67. The molecular weight excluding hydrogens is 348 g/mol. The van der Waals surface area contributed by atoms with Crippen LogP contribution in [0.4, 0.5) is 11.5 Å². The van der Waals surface area contributed by atoms with Crippen molar-refractivity contribution in [1.82, 2.24) is 9.97 Å². The molecule has 0 aliphatic carbocycles.